The number of rotatable bonds is 5. The Bertz CT molecular complexity index is 497. The third kappa shape index (κ3) is 3.42. The van der Waals surface area contributed by atoms with Crippen LogP contribution in [0.2, 0.25) is 0 Å². The standard InChI is InChI=1S/C14H17BrN2S/c1-10-4-5-11(9-13(10)15)14(17-16)7-6-12-3-2-8-18-12/h2-5,8-9,14,17H,6-7,16H2,1H3. The van der Waals surface area contributed by atoms with E-state index in [0.717, 1.165) is 17.3 Å². The zero-order valence-corrected chi connectivity index (χ0v) is 12.7. The molecule has 0 amide bonds. The fourth-order valence-corrected chi connectivity index (χ4v) is 3.03. The van der Waals surface area contributed by atoms with Gasteiger partial charge >= 0.3 is 0 Å². The predicted molar refractivity (Wildman–Crippen MR) is 81.6 cm³/mol. The molecule has 0 aliphatic heterocycles. The van der Waals surface area contributed by atoms with E-state index in [2.05, 4.69) is 64.0 Å². The second-order valence-electron chi connectivity index (χ2n) is 4.35. The van der Waals surface area contributed by atoms with E-state index in [1.54, 1.807) is 11.3 Å². The molecule has 0 aliphatic rings. The van der Waals surface area contributed by atoms with Crippen LogP contribution in [0.15, 0.2) is 40.2 Å². The van der Waals surface area contributed by atoms with E-state index in [1.165, 1.54) is 16.0 Å². The van der Waals surface area contributed by atoms with Crippen LogP contribution in [0.5, 0.6) is 0 Å². The van der Waals surface area contributed by atoms with Crippen molar-refractivity contribution in [2.24, 2.45) is 5.84 Å². The molecule has 2 rings (SSSR count). The van der Waals surface area contributed by atoms with E-state index < -0.39 is 0 Å². The van der Waals surface area contributed by atoms with Crippen LogP contribution in [0.1, 0.15) is 28.5 Å². The second kappa shape index (κ2) is 6.48. The van der Waals surface area contributed by atoms with Gasteiger partial charge < -0.3 is 0 Å². The summed E-state index contributed by atoms with van der Waals surface area (Å²) in [6.07, 6.45) is 2.06. The van der Waals surface area contributed by atoms with Crippen molar-refractivity contribution in [3.8, 4) is 0 Å². The number of hydrogen-bond acceptors (Lipinski definition) is 3. The average molecular weight is 325 g/mol. The number of hydrogen-bond donors (Lipinski definition) is 2. The smallest absolute Gasteiger partial charge is 0.0463 e. The molecule has 1 atom stereocenters. The number of halogens is 1. The maximum Gasteiger partial charge on any atom is 0.0463 e. The van der Waals surface area contributed by atoms with Crippen LogP contribution in [0.3, 0.4) is 0 Å². The van der Waals surface area contributed by atoms with Gasteiger partial charge in [0, 0.05) is 15.4 Å². The highest BCUT2D eigenvalue weighted by molar-refractivity contribution is 9.10. The van der Waals surface area contributed by atoms with Crippen molar-refractivity contribution in [1.29, 1.82) is 0 Å². The van der Waals surface area contributed by atoms with E-state index in [-0.39, 0.29) is 6.04 Å². The molecule has 1 unspecified atom stereocenters. The minimum absolute atomic E-state index is 0.198. The van der Waals surface area contributed by atoms with Crippen LogP contribution in [0, 0.1) is 6.92 Å². The Balaban J connectivity index is 2.05. The molecular formula is C14H17BrN2S. The Morgan fingerprint density at radius 2 is 2.22 bits per heavy atom. The van der Waals surface area contributed by atoms with Crippen LogP contribution in [-0.4, -0.2) is 0 Å². The minimum atomic E-state index is 0.198. The molecule has 1 heterocycles. The molecule has 96 valence electrons. The van der Waals surface area contributed by atoms with Crippen LogP contribution in [0.25, 0.3) is 0 Å². The highest BCUT2D eigenvalue weighted by atomic mass is 79.9. The first-order valence-electron chi connectivity index (χ1n) is 5.95. The van der Waals surface area contributed by atoms with Gasteiger partial charge in [-0.15, -0.1) is 11.3 Å². The van der Waals surface area contributed by atoms with Crippen LogP contribution >= 0.6 is 27.3 Å². The van der Waals surface area contributed by atoms with Gasteiger partial charge in [0.05, 0.1) is 0 Å². The van der Waals surface area contributed by atoms with Crippen molar-refractivity contribution < 1.29 is 0 Å². The molecule has 0 saturated heterocycles. The van der Waals surface area contributed by atoms with Gasteiger partial charge in [0.2, 0.25) is 0 Å². The first-order valence-corrected chi connectivity index (χ1v) is 7.62. The predicted octanol–water partition coefficient (Wildman–Crippen LogP) is 3.96. The van der Waals surface area contributed by atoms with E-state index >= 15 is 0 Å². The van der Waals surface area contributed by atoms with Gasteiger partial charge in [0.15, 0.2) is 0 Å². The summed E-state index contributed by atoms with van der Waals surface area (Å²) in [6, 6.07) is 10.9. The average Bonchev–Trinajstić information content (AvgIpc) is 2.87. The summed E-state index contributed by atoms with van der Waals surface area (Å²) < 4.78 is 1.14. The second-order valence-corrected chi connectivity index (χ2v) is 6.23. The lowest BCUT2D eigenvalue weighted by Crippen LogP contribution is -2.28. The molecule has 0 radical (unpaired) electrons. The fraction of sp³-hybridized carbons (Fsp3) is 0.286. The summed E-state index contributed by atoms with van der Waals surface area (Å²) in [5, 5.41) is 2.11. The van der Waals surface area contributed by atoms with E-state index in [9.17, 15) is 0 Å². The van der Waals surface area contributed by atoms with Crippen LogP contribution in [0.4, 0.5) is 0 Å². The molecule has 18 heavy (non-hydrogen) atoms. The first kappa shape index (κ1) is 13.7. The van der Waals surface area contributed by atoms with E-state index in [1.807, 2.05) is 0 Å². The van der Waals surface area contributed by atoms with Crippen molar-refractivity contribution >= 4 is 27.3 Å². The van der Waals surface area contributed by atoms with Crippen molar-refractivity contribution in [2.75, 3.05) is 0 Å². The summed E-state index contributed by atoms with van der Waals surface area (Å²) in [5.41, 5.74) is 5.38. The lowest BCUT2D eigenvalue weighted by atomic mass is 10.0. The molecule has 0 fully saturated rings. The lowest BCUT2D eigenvalue weighted by molar-refractivity contribution is 0.518. The van der Waals surface area contributed by atoms with Crippen LogP contribution in [-0.2, 0) is 6.42 Å². The fourth-order valence-electron chi connectivity index (χ4n) is 1.91. The molecule has 1 aromatic heterocycles. The molecule has 2 nitrogen and oxygen atoms in total. The maximum atomic E-state index is 5.67. The third-order valence-electron chi connectivity index (χ3n) is 3.06. The summed E-state index contributed by atoms with van der Waals surface area (Å²) >= 11 is 5.37. The SMILES string of the molecule is Cc1ccc(C(CCc2cccs2)NN)cc1Br. The zero-order valence-electron chi connectivity index (χ0n) is 10.3. The number of nitrogens with one attached hydrogen (secondary N) is 1. The van der Waals surface area contributed by atoms with Gasteiger partial charge in [-0.05, 0) is 48.4 Å². The Morgan fingerprint density at radius 3 is 2.83 bits per heavy atom. The van der Waals surface area contributed by atoms with Gasteiger partial charge in [-0.1, -0.05) is 34.1 Å². The number of nitrogens with two attached hydrogens (primary N) is 1. The molecule has 1 aromatic carbocycles. The summed E-state index contributed by atoms with van der Waals surface area (Å²) in [4.78, 5) is 1.40. The molecular weight excluding hydrogens is 308 g/mol. The largest absolute Gasteiger partial charge is 0.271 e. The normalized spacial score (nSPS) is 12.6. The monoisotopic (exact) mass is 324 g/mol. The highest BCUT2D eigenvalue weighted by Gasteiger charge is 2.11. The Morgan fingerprint density at radius 1 is 1.39 bits per heavy atom. The molecule has 2 aromatic rings. The van der Waals surface area contributed by atoms with Gasteiger partial charge in [-0.25, -0.2) is 0 Å². The molecule has 0 spiro atoms. The molecule has 0 saturated carbocycles. The van der Waals surface area contributed by atoms with Gasteiger partial charge in [-0.2, -0.15) is 0 Å². The Kier molecular flexibility index (Phi) is 4.95. The summed E-state index contributed by atoms with van der Waals surface area (Å²) in [6.45, 7) is 2.09. The van der Waals surface area contributed by atoms with Crippen molar-refractivity contribution in [3.05, 3.63) is 56.2 Å². The molecule has 0 bridgehead atoms. The van der Waals surface area contributed by atoms with Gasteiger partial charge in [0.1, 0.15) is 0 Å². The first-order chi connectivity index (χ1) is 8.70. The number of hydrazine groups is 1. The number of thiophene rings is 1. The quantitative estimate of drug-likeness (QED) is 0.645. The van der Waals surface area contributed by atoms with Crippen molar-refractivity contribution in [3.63, 3.8) is 0 Å². The van der Waals surface area contributed by atoms with Gasteiger partial charge in [0.25, 0.3) is 0 Å². The third-order valence-corrected chi connectivity index (χ3v) is 4.85. The van der Waals surface area contributed by atoms with E-state index in [0.29, 0.717) is 0 Å². The Labute approximate surface area is 120 Å². The number of benzene rings is 1. The maximum absolute atomic E-state index is 5.67. The molecule has 4 heteroatoms. The molecule has 0 aliphatic carbocycles. The Hall–Kier alpha value is -0.680. The van der Waals surface area contributed by atoms with Gasteiger partial charge in [-0.3, -0.25) is 11.3 Å². The topological polar surface area (TPSA) is 38.0 Å². The van der Waals surface area contributed by atoms with E-state index in [4.69, 9.17) is 5.84 Å². The van der Waals surface area contributed by atoms with Crippen molar-refractivity contribution in [1.82, 2.24) is 5.43 Å². The molecule has 3 N–H and O–H groups in total. The summed E-state index contributed by atoms with van der Waals surface area (Å²) in [7, 11) is 0. The zero-order chi connectivity index (χ0) is 13.0. The van der Waals surface area contributed by atoms with Crippen molar-refractivity contribution in [2.45, 2.75) is 25.8 Å². The number of aryl methyl sites for hydroxylation is 2. The summed E-state index contributed by atoms with van der Waals surface area (Å²) in [5.74, 6) is 5.67. The van der Waals surface area contributed by atoms with Crippen LogP contribution < -0.4 is 11.3 Å². The lowest BCUT2D eigenvalue weighted by Gasteiger charge is -2.16. The minimum Gasteiger partial charge on any atom is -0.271 e. The highest BCUT2D eigenvalue weighted by Crippen LogP contribution is 2.25.